The lowest BCUT2D eigenvalue weighted by Gasteiger charge is -2.23. The molecular formula is C14H24N2O. The number of methoxy groups -OCH3 is 1. The van der Waals surface area contributed by atoms with E-state index in [1.54, 1.807) is 7.11 Å². The molecule has 0 unspecified atom stereocenters. The molecule has 0 aliphatic heterocycles. The van der Waals surface area contributed by atoms with Crippen LogP contribution in [0.25, 0.3) is 0 Å². The molecule has 0 atom stereocenters. The van der Waals surface area contributed by atoms with Crippen molar-refractivity contribution in [3.8, 4) is 5.75 Å². The second kappa shape index (κ2) is 6.50. The van der Waals surface area contributed by atoms with Crippen LogP contribution in [0.4, 0.5) is 5.69 Å². The lowest BCUT2D eigenvalue weighted by Crippen LogP contribution is -2.20. The summed E-state index contributed by atoms with van der Waals surface area (Å²) in [6, 6.07) is 4.29. The summed E-state index contributed by atoms with van der Waals surface area (Å²) < 4.78 is 5.44. The van der Waals surface area contributed by atoms with Gasteiger partial charge >= 0.3 is 0 Å². The molecule has 96 valence electrons. The third-order valence-electron chi connectivity index (χ3n) is 3.15. The van der Waals surface area contributed by atoms with Crippen molar-refractivity contribution in [2.75, 3.05) is 32.1 Å². The average molecular weight is 236 g/mol. The van der Waals surface area contributed by atoms with Crippen molar-refractivity contribution in [3.63, 3.8) is 0 Å². The summed E-state index contributed by atoms with van der Waals surface area (Å²) in [6.45, 7) is 6.01. The predicted octanol–water partition coefficient (Wildman–Crippen LogP) is 2.49. The minimum Gasteiger partial charge on any atom is -0.495 e. The summed E-state index contributed by atoms with van der Waals surface area (Å²) in [5, 5.41) is 0. The summed E-state index contributed by atoms with van der Waals surface area (Å²) in [7, 11) is 3.82. The van der Waals surface area contributed by atoms with E-state index in [2.05, 4.69) is 37.9 Å². The first-order chi connectivity index (χ1) is 8.10. The number of nitrogens with zero attached hydrogens (tertiary/aromatic N) is 1. The molecule has 3 heteroatoms. The molecule has 2 N–H and O–H groups in total. The zero-order valence-corrected chi connectivity index (χ0v) is 11.4. The minimum atomic E-state index is 0.762. The molecule has 0 aliphatic rings. The van der Waals surface area contributed by atoms with Crippen molar-refractivity contribution >= 4 is 5.69 Å². The van der Waals surface area contributed by atoms with E-state index < -0.39 is 0 Å². The molecule has 0 saturated heterocycles. The summed E-state index contributed by atoms with van der Waals surface area (Å²) >= 11 is 0. The highest BCUT2D eigenvalue weighted by Crippen LogP contribution is 2.30. The standard InChI is InChI=1S/C14H24N2O/c1-11-9-13(14(17-4)10-12(11)2)16(3)8-6-5-7-15/h9-10H,5-8,15H2,1-4H3. The number of unbranched alkanes of at least 4 members (excludes halogenated alkanes) is 1. The number of nitrogens with two attached hydrogens (primary N) is 1. The van der Waals surface area contributed by atoms with E-state index in [0.717, 1.165) is 37.4 Å². The largest absolute Gasteiger partial charge is 0.495 e. The molecule has 3 nitrogen and oxygen atoms in total. The molecule has 0 aromatic heterocycles. The molecule has 1 aromatic carbocycles. The monoisotopic (exact) mass is 236 g/mol. The number of rotatable bonds is 6. The van der Waals surface area contributed by atoms with Gasteiger partial charge < -0.3 is 15.4 Å². The van der Waals surface area contributed by atoms with Crippen LogP contribution in [0.2, 0.25) is 0 Å². The van der Waals surface area contributed by atoms with Crippen LogP contribution in [0.5, 0.6) is 5.75 Å². The summed E-state index contributed by atoms with van der Waals surface area (Å²) in [4.78, 5) is 2.24. The number of anilines is 1. The van der Waals surface area contributed by atoms with Crippen molar-refractivity contribution in [3.05, 3.63) is 23.3 Å². The van der Waals surface area contributed by atoms with E-state index in [9.17, 15) is 0 Å². The van der Waals surface area contributed by atoms with E-state index >= 15 is 0 Å². The van der Waals surface area contributed by atoms with Crippen LogP contribution in [-0.4, -0.2) is 27.2 Å². The molecule has 0 aliphatic carbocycles. The van der Waals surface area contributed by atoms with E-state index in [-0.39, 0.29) is 0 Å². The van der Waals surface area contributed by atoms with Crippen molar-refractivity contribution in [1.82, 2.24) is 0 Å². The van der Waals surface area contributed by atoms with E-state index in [4.69, 9.17) is 10.5 Å². The van der Waals surface area contributed by atoms with Crippen LogP contribution >= 0.6 is 0 Å². The van der Waals surface area contributed by atoms with Crippen LogP contribution in [0.15, 0.2) is 12.1 Å². The first kappa shape index (κ1) is 13.8. The SMILES string of the molecule is COc1cc(C)c(C)cc1N(C)CCCCN. The van der Waals surface area contributed by atoms with E-state index in [0.29, 0.717) is 0 Å². The van der Waals surface area contributed by atoms with E-state index in [1.165, 1.54) is 11.1 Å². The molecular weight excluding hydrogens is 212 g/mol. The zero-order chi connectivity index (χ0) is 12.8. The van der Waals surface area contributed by atoms with Gasteiger partial charge in [-0.1, -0.05) is 0 Å². The molecule has 0 heterocycles. The summed E-state index contributed by atoms with van der Waals surface area (Å²) in [6.07, 6.45) is 2.18. The Kier molecular flexibility index (Phi) is 5.29. The second-order valence-corrected chi connectivity index (χ2v) is 4.53. The van der Waals surface area contributed by atoms with Crippen molar-refractivity contribution in [2.24, 2.45) is 5.73 Å². The van der Waals surface area contributed by atoms with Gasteiger partial charge in [-0.15, -0.1) is 0 Å². The van der Waals surface area contributed by atoms with E-state index in [1.807, 2.05) is 0 Å². The Morgan fingerprint density at radius 2 is 1.82 bits per heavy atom. The number of hydrogen-bond donors (Lipinski definition) is 1. The Labute approximate surface area is 105 Å². The number of hydrogen-bond acceptors (Lipinski definition) is 3. The Hall–Kier alpha value is -1.22. The van der Waals surface area contributed by atoms with Gasteiger partial charge in [0, 0.05) is 13.6 Å². The van der Waals surface area contributed by atoms with Gasteiger partial charge in [-0.3, -0.25) is 0 Å². The highest BCUT2D eigenvalue weighted by atomic mass is 16.5. The summed E-state index contributed by atoms with van der Waals surface area (Å²) in [5.74, 6) is 0.948. The van der Waals surface area contributed by atoms with Crippen molar-refractivity contribution < 1.29 is 4.74 Å². The van der Waals surface area contributed by atoms with Crippen LogP contribution in [0.1, 0.15) is 24.0 Å². The lowest BCUT2D eigenvalue weighted by molar-refractivity contribution is 0.414. The topological polar surface area (TPSA) is 38.5 Å². The zero-order valence-electron chi connectivity index (χ0n) is 11.4. The molecule has 1 aromatic rings. The van der Waals surface area contributed by atoms with Gasteiger partial charge in [-0.25, -0.2) is 0 Å². The molecule has 0 fully saturated rings. The molecule has 0 saturated carbocycles. The molecule has 0 bridgehead atoms. The smallest absolute Gasteiger partial charge is 0.142 e. The number of aryl methyl sites for hydroxylation is 2. The van der Waals surface area contributed by atoms with Crippen LogP contribution in [0, 0.1) is 13.8 Å². The second-order valence-electron chi connectivity index (χ2n) is 4.53. The highest BCUT2D eigenvalue weighted by Gasteiger charge is 2.09. The Bertz CT molecular complexity index is 363. The molecule has 1 rings (SSSR count). The van der Waals surface area contributed by atoms with Gasteiger partial charge in [0.25, 0.3) is 0 Å². The van der Waals surface area contributed by atoms with Crippen molar-refractivity contribution in [2.45, 2.75) is 26.7 Å². The third kappa shape index (κ3) is 3.63. The fraction of sp³-hybridized carbons (Fsp3) is 0.571. The van der Waals surface area contributed by atoms with Gasteiger partial charge in [0.15, 0.2) is 0 Å². The van der Waals surface area contributed by atoms with Gasteiger partial charge in [0.2, 0.25) is 0 Å². The quantitative estimate of drug-likeness (QED) is 0.771. The van der Waals surface area contributed by atoms with Crippen LogP contribution < -0.4 is 15.4 Å². The maximum atomic E-state index is 5.51. The average Bonchev–Trinajstić information content (AvgIpc) is 2.32. The van der Waals surface area contributed by atoms with Gasteiger partial charge in [-0.2, -0.15) is 0 Å². The minimum absolute atomic E-state index is 0.762. The predicted molar refractivity (Wildman–Crippen MR) is 74.0 cm³/mol. The number of benzene rings is 1. The molecule has 0 amide bonds. The summed E-state index contributed by atoms with van der Waals surface area (Å²) in [5.41, 5.74) is 9.23. The molecule has 17 heavy (non-hydrogen) atoms. The third-order valence-corrected chi connectivity index (χ3v) is 3.15. The Morgan fingerprint density at radius 1 is 1.18 bits per heavy atom. The van der Waals surface area contributed by atoms with Crippen molar-refractivity contribution in [1.29, 1.82) is 0 Å². The van der Waals surface area contributed by atoms with Gasteiger partial charge in [0.1, 0.15) is 5.75 Å². The first-order valence-electron chi connectivity index (χ1n) is 6.16. The highest BCUT2D eigenvalue weighted by molar-refractivity contribution is 5.61. The molecule has 0 spiro atoms. The molecule has 0 radical (unpaired) electrons. The lowest BCUT2D eigenvalue weighted by atomic mass is 10.1. The first-order valence-corrected chi connectivity index (χ1v) is 6.16. The number of ether oxygens (including phenoxy) is 1. The van der Waals surface area contributed by atoms with Gasteiger partial charge in [0.05, 0.1) is 12.8 Å². The fourth-order valence-electron chi connectivity index (χ4n) is 1.85. The normalized spacial score (nSPS) is 10.4. The maximum Gasteiger partial charge on any atom is 0.142 e. The fourth-order valence-corrected chi connectivity index (χ4v) is 1.85. The van der Waals surface area contributed by atoms with Gasteiger partial charge in [-0.05, 0) is 56.5 Å². The van der Waals surface area contributed by atoms with Crippen LogP contribution in [-0.2, 0) is 0 Å². The maximum absolute atomic E-state index is 5.51. The van der Waals surface area contributed by atoms with Crippen LogP contribution in [0.3, 0.4) is 0 Å². The Morgan fingerprint density at radius 3 is 2.41 bits per heavy atom. The Balaban J connectivity index is 2.84.